The monoisotopic (exact) mass is 342 g/mol. The average molecular weight is 342 g/mol. The number of carbonyl (C=O) groups excluding carboxylic acids is 1. The Morgan fingerprint density at radius 2 is 2.04 bits per heavy atom. The number of para-hydroxylation sites is 1. The Balaban J connectivity index is 1.90. The molecule has 0 saturated heterocycles. The molecule has 3 N–H and O–H groups in total. The number of nitrogens with zero attached hydrogens (tertiary/aromatic N) is 1. The number of hydrogen-bond donors (Lipinski definition) is 3. The van der Waals surface area contributed by atoms with Crippen molar-refractivity contribution in [2.24, 2.45) is 5.10 Å². The van der Waals surface area contributed by atoms with Crippen molar-refractivity contribution in [3.8, 4) is 17.2 Å². The maximum absolute atomic E-state index is 11.8. The van der Waals surface area contributed by atoms with Crippen molar-refractivity contribution < 1.29 is 19.7 Å². The Bertz CT molecular complexity index is 759. The minimum atomic E-state index is -0.409. The Morgan fingerprint density at radius 1 is 1.28 bits per heavy atom. The Hall–Kier alpha value is -3.02. The number of carbonyl (C=O) groups is 1. The number of ether oxygens (including phenoxy) is 1. The van der Waals surface area contributed by atoms with E-state index in [0.717, 1.165) is 12.0 Å². The van der Waals surface area contributed by atoms with Crippen molar-refractivity contribution in [3.63, 3.8) is 0 Å². The van der Waals surface area contributed by atoms with Gasteiger partial charge in [-0.05, 0) is 36.1 Å². The van der Waals surface area contributed by atoms with Crippen LogP contribution < -0.4 is 10.2 Å². The summed E-state index contributed by atoms with van der Waals surface area (Å²) in [7, 11) is 0. The Labute approximate surface area is 146 Å². The number of phenols is 2. The van der Waals surface area contributed by atoms with Crippen LogP contribution in [0.2, 0.25) is 0 Å². The molecule has 0 aliphatic carbocycles. The third kappa shape index (κ3) is 5.24. The normalized spacial score (nSPS) is 12.1. The number of hydrogen-bond acceptors (Lipinski definition) is 5. The van der Waals surface area contributed by atoms with E-state index >= 15 is 0 Å². The van der Waals surface area contributed by atoms with E-state index in [9.17, 15) is 15.0 Å². The van der Waals surface area contributed by atoms with Crippen molar-refractivity contribution >= 4 is 12.1 Å². The molecular formula is C19H22N2O4. The minimum Gasteiger partial charge on any atom is -0.508 e. The number of rotatable bonds is 7. The molecule has 25 heavy (non-hydrogen) atoms. The standard InChI is InChI=1S/C19H22N2O4/c1-3-13(2)16-6-4-5-7-18(16)25-12-19(24)21-20-11-14-8-9-15(22)10-17(14)23/h4-11,13,22-23H,3,12H2,1-2H3,(H,21,24)/b20-11+/t13-/m1/s1. The second-order valence-corrected chi connectivity index (χ2v) is 5.67. The van der Waals surface area contributed by atoms with Crippen LogP contribution in [0.1, 0.15) is 37.3 Å². The third-order valence-corrected chi connectivity index (χ3v) is 3.83. The van der Waals surface area contributed by atoms with Gasteiger partial charge in [-0.3, -0.25) is 4.79 Å². The molecule has 0 radical (unpaired) electrons. The van der Waals surface area contributed by atoms with Crippen LogP contribution in [0, 0.1) is 0 Å². The van der Waals surface area contributed by atoms with Gasteiger partial charge in [0.1, 0.15) is 17.2 Å². The van der Waals surface area contributed by atoms with Gasteiger partial charge in [0.25, 0.3) is 5.91 Å². The fraction of sp³-hybridized carbons (Fsp3) is 0.263. The van der Waals surface area contributed by atoms with Crippen LogP contribution in [0.15, 0.2) is 47.6 Å². The lowest BCUT2D eigenvalue weighted by Crippen LogP contribution is -2.25. The van der Waals surface area contributed by atoms with Crippen LogP contribution in [0.3, 0.4) is 0 Å². The fourth-order valence-electron chi connectivity index (χ4n) is 2.23. The van der Waals surface area contributed by atoms with Gasteiger partial charge in [0.05, 0.1) is 6.21 Å². The summed E-state index contributed by atoms with van der Waals surface area (Å²) in [6.45, 7) is 4.05. The second kappa shape index (κ2) is 8.73. The zero-order chi connectivity index (χ0) is 18.2. The molecule has 1 atom stereocenters. The average Bonchev–Trinajstić information content (AvgIpc) is 2.61. The molecule has 0 aliphatic rings. The van der Waals surface area contributed by atoms with E-state index in [0.29, 0.717) is 17.2 Å². The first-order valence-electron chi connectivity index (χ1n) is 8.06. The predicted molar refractivity (Wildman–Crippen MR) is 96.2 cm³/mol. The van der Waals surface area contributed by atoms with Crippen molar-refractivity contribution in [2.75, 3.05) is 6.61 Å². The van der Waals surface area contributed by atoms with E-state index in [2.05, 4.69) is 24.4 Å². The molecule has 2 rings (SSSR count). The second-order valence-electron chi connectivity index (χ2n) is 5.67. The number of hydrazone groups is 1. The summed E-state index contributed by atoms with van der Waals surface area (Å²) >= 11 is 0. The lowest BCUT2D eigenvalue weighted by atomic mass is 9.98. The van der Waals surface area contributed by atoms with E-state index in [1.165, 1.54) is 24.4 Å². The van der Waals surface area contributed by atoms with Gasteiger partial charge in [-0.1, -0.05) is 32.0 Å². The van der Waals surface area contributed by atoms with Gasteiger partial charge >= 0.3 is 0 Å². The fourth-order valence-corrected chi connectivity index (χ4v) is 2.23. The van der Waals surface area contributed by atoms with Crippen LogP contribution in [0.5, 0.6) is 17.2 Å². The van der Waals surface area contributed by atoms with E-state index in [-0.39, 0.29) is 18.1 Å². The van der Waals surface area contributed by atoms with Crippen LogP contribution in [0.25, 0.3) is 0 Å². The first-order chi connectivity index (χ1) is 12.0. The molecule has 0 aliphatic heterocycles. The van der Waals surface area contributed by atoms with Gasteiger partial charge in [-0.2, -0.15) is 5.10 Å². The van der Waals surface area contributed by atoms with Crippen LogP contribution in [-0.2, 0) is 4.79 Å². The largest absolute Gasteiger partial charge is 0.508 e. The number of phenolic OH excluding ortho intramolecular Hbond substituents is 2. The van der Waals surface area contributed by atoms with Gasteiger partial charge in [0.2, 0.25) is 0 Å². The molecule has 0 saturated carbocycles. The highest BCUT2D eigenvalue weighted by Crippen LogP contribution is 2.28. The highest BCUT2D eigenvalue weighted by atomic mass is 16.5. The number of amides is 1. The molecule has 132 valence electrons. The van der Waals surface area contributed by atoms with Crippen molar-refractivity contribution in [1.82, 2.24) is 5.43 Å². The van der Waals surface area contributed by atoms with Crippen molar-refractivity contribution in [2.45, 2.75) is 26.2 Å². The van der Waals surface area contributed by atoms with Crippen molar-refractivity contribution in [3.05, 3.63) is 53.6 Å². The topological polar surface area (TPSA) is 91.2 Å². The van der Waals surface area contributed by atoms with E-state index in [1.807, 2.05) is 24.3 Å². The number of nitrogens with one attached hydrogen (secondary N) is 1. The summed E-state index contributed by atoms with van der Waals surface area (Å²) in [5, 5.41) is 22.6. The minimum absolute atomic E-state index is 0.0490. The molecule has 0 heterocycles. The Morgan fingerprint density at radius 3 is 2.76 bits per heavy atom. The van der Waals surface area contributed by atoms with E-state index < -0.39 is 5.91 Å². The molecule has 2 aromatic carbocycles. The first-order valence-corrected chi connectivity index (χ1v) is 8.06. The SMILES string of the molecule is CC[C@@H](C)c1ccccc1OCC(=O)N/N=C/c1ccc(O)cc1O. The third-order valence-electron chi connectivity index (χ3n) is 3.83. The summed E-state index contributed by atoms with van der Waals surface area (Å²) in [5.74, 6) is 0.444. The summed E-state index contributed by atoms with van der Waals surface area (Å²) in [6.07, 6.45) is 2.27. The maximum Gasteiger partial charge on any atom is 0.277 e. The molecule has 6 nitrogen and oxygen atoms in total. The van der Waals surface area contributed by atoms with Crippen LogP contribution >= 0.6 is 0 Å². The molecule has 0 fully saturated rings. The molecule has 0 unspecified atom stereocenters. The summed E-state index contributed by atoms with van der Waals surface area (Å²) in [6, 6.07) is 11.7. The molecule has 0 spiro atoms. The van der Waals surface area contributed by atoms with Crippen LogP contribution in [0.4, 0.5) is 0 Å². The van der Waals surface area contributed by atoms with Crippen LogP contribution in [-0.4, -0.2) is 28.9 Å². The number of benzene rings is 2. The molecule has 2 aromatic rings. The lowest BCUT2D eigenvalue weighted by molar-refractivity contribution is -0.123. The van der Waals surface area contributed by atoms with Gasteiger partial charge in [0.15, 0.2) is 6.61 Å². The molecule has 1 amide bonds. The Kier molecular flexibility index (Phi) is 6.39. The summed E-state index contributed by atoms with van der Waals surface area (Å²) in [4.78, 5) is 11.8. The zero-order valence-corrected chi connectivity index (χ0v) is 14.3. The maximum atomic E-state index is 11.8. The van der Waals surface area contributed by atoms with Gasteiger partial charge in [-0.25, -0.2) is 5.43 Å². The predicted octanol–water partition coefficient (Wildman–Crippen LogP) is 3.14. The molecule has 6 heteroatoms. The molecule has 0 aromatic heterocycles. The quantitative estimate of drug-likeness (QED) is 0.532. The van der Waals surface area contributed by atoms with Gasteiger partial charge in [-0.15, -0.1) is 0 Å². The van der Waals surface area contributed by atoms with Gasteiger partial charge in [0, 0.05) is 11.6 Å². The molecule has 0 bridgehead atoms. The highest BCUT2D eigenvalue weighted by Gasteiger charge is 2.10. The summed E-state index contributed by atoms with van der Waals surface area (Å²) < 4.78 is 5.60. The first kappa shape index (κ1) is 18.3. The lowest BCUT2D eigenvalue weighted by Gasteiger charge is -2.15. The smallest absolute Gasteiger partial charge is 0.277 e. The van der Waals surface area contributed by atoms with Gasteiger partial charge < -0.3 is 14.9 Å². The van der Waals surface area contributed by atoms with Crippen molar-refractivity contribution in [1.29, 1.82) is 0 Å². The zero-order valence-electron chi connectivity index (χ0n) is 14.3. The number of aromatic hydroxyl groups is 2. The summed E-state index contributed by atoms with van der Waals surface area (Å²) in [5.41, 5.74) is 3.78. The van der Waals surface area contributed by atoms with E-state index in [1.54, 1.807) is 0 Å². The molecular weight excluding hydrogens is 320 g/mol. The highest BCUT2D eigenvalue weighted by molar-refractivity contribution is 5.85. The van der Waals surface area contributed by atoms with E-state index in [4.69, 9.17) is 4.74 Å².